The fourth-order valence-corrected chi connectivity index (χ4v) is 1.35. The molecule has 0 aliphatic rings. The van der Waals surface area contributed by atoms with Gasteiger partial charge in [-0.2, -0.15) is 0 Å². The molecule has 68 valence electrons. The summed E-state index contributed by atoms with van der Waals surface area (Å²) < 4.78 is 5.12. The van der Waals surface area contributed by atoms with Crippen molar-refractivity contribution in [3.05, 3.63) is 24.3 Å². The lowest BCUT2D eigenvalue weighted by Crippen LogP contribution is -1.83. The van der Waals surface area contributed by atoms with Gasteiger partial charge >= 0.3 is 0 Å². The van der Waals surface area contributed by atoms with E-state index in [0.717, 1.165) is 5.75 Å². The van der Waals surface area contributed by atoms with Gasteiger partial charge in [0.05, 0.1) is 7.11 Å². The van der Waals surface area contributed by atoms with Crippen LogP contribution in [0.15, 0.2) is 29.2 Å². The molecule has 0 saturated carbocycles. The van der Waals surface area contributed by atoms with Crippen LogP contribution in [0.3, 0.4) is 0 Å². The number of benzene rings is 1. The van der Waals surface area contributed by atoms with Crippen LogP contribution in [-0.4, -0.2) is 18.3 Å². The Hall–Kier alpha value is 0.100. The smallest absolute Gasteiger partial charge is 0.132 e. The Bertz CT molecular complexity index is 192. The van der Waals surface area contributed by atoms with Crippen LogP contribution in [-0.2, 0) is 0 Å². The Morgan fingerprint density at radius 3 is 2.25 bits per heavy atom. The molecule has 0 atom stereocenters. The molecule has 1 nitrogen and oxygen atoms in total. The van der Waals surface area contributed by atoms with Gasteiger partial charge in [-0.25, -0.2) is 0 Å². The Balaban J connectivity index is 0.000000561. The molecule has 0 aromatic heterocycles. The molecule has 1 aromatic rings. The van der Waals surface area contributed by atoms with E-state index in [1.165, 1.54) is 4.90 Å². The van der Waals surface area contributed by atoms with Crippen molar-refractivity contribution in [1.29, 1.82) is 0 Å². The molecule has 3 heteroatoms. The summed E-state index contributed by atoms with van der Waals surface area (Å²) in [5, 5.41) is 0. The zero-order valence-electron chi connectivity index (χ0n) is 7.50. The second kappa shape index (κ2) is 7.73. The number of rotatable bonds is 2. The summed E-state index contributed by atoms with van der Waals surface area (Å²) in [6.45, 7) is 0. The maximum atomic E-state index is 5.12. The van der Waals surface area contributed by atoms with E-state index in [0.29, 0.717) is 0 Å². The highest BCUT2D eigenvalue weighted by Gasteiger charge is 1.96. The fourth-order valence-electron chi connectivity index (χ4n) is 0.787. The zero-order chi connectivity index (χ0) is 9.40. The summed E-state index contributed by atoms with van der Waals surface area (Å²) in [7, 11) is 1.69. The van der Waals surface area contributed by atoms with Gasteiger partial charge in [0.2, 0.25) is 0 Å². The van der Waals surface area contributed by atoms with Crippen LogP contribution in [0.4, 0.5) is 0 Å². The van der Waals surface area contributed by atoms with Crippen LogP contribution >= 0.6 is 34.4 Å². The van der Waals surface area contributed by atoms with Gasteiger partial charge in [0, 0.05) is 4.90 Å². The number of hydrogen-bond acceptors (Lipinski definition) is 2. The molecule has 0 spiro atoms. The predicted octanol–water partition coefficient (Wildman–Crippen LogP) is 3.47. The Morgan fingerprint density at radius 1 is 1.25 bits per heavy atom. The summed E-state index contributed by atoms with van der Waals surface area (Å²) in [5.41, 5.74) is 0. The SMILES string of the molecule is CI.COc1ccccc1SC. The van der Waals surface area contributed by atoms with Gasteiger partial charge in [-0.05, 0) is 23.3 Å². The average Bonchev–Trinajstić information content (AvgIpc) is 2.20. The molecular formula is C9H13IOS. The first-order valence-electron chi connectivity index (χ1n) is 3.43. The predicted molar refractivity (Wildman–Crippen MR) is 64.7 cm³/mol. The third-order valence-corrected chi connectivity index (χ3v) is 2.07. The Kier molecular flexibility index (Phi) is 7.80. The van der Waals surface area contributed by atoms with E-state index in [9.17, 15) is 0 Å². The van der Waals surface area contributed by atoms with Gasteiger partial charge in [0.25, 0.3) is 0 Å². The van der Waals surface area contributed by atoms with Gasteiger partial charge in [0.1, 0.15) is 5.75 Å². The molecule has 0 heterocycles. The Morgan fingerprint density at radius 2 is 1.83 bits per heavy atom. The molecule has 1 aromatic carbocycles. The van der Waals surface area contributed by atoms with Crippen LogP contribution in [0.5, 0.6) is 5.75 Å². The number of para-hydroxylation sites is 1. The third kappa shape index (κ3) is 3.67. The average molecular weight is 296 g/mol. The topological polar surface area (TPSA) is 9.23 Å². The molecule has 0 saturated heterocycles. The summed E-state index contributed by atoms with van der Waals surface area (Å²) in [6.07, 6.45) is 2.04. The minimum Gasteiger partial charge on any atom is -0.496 e. The fraction of sp³-hybridized carbons (Fsp3) is 0.333. The zero-order valence-corrected chi connectivity index (χ0v) is 10.5. The highest BCUT2D eigenvalue weighted by molar-refractivity contribution is 14.1. The number of methoxy groups -OCH3 is 1. The summed E-state index contributed by atoms with van der Waals surface area (Å²) >= 11 is 3.84. The van der Waals surface area contributed by atoms with Gasteiger partial charge in [0.15, 0.2) is 0 Å². The summed E-state index contributed by atoms with van der Waals surface area (Å²) in [6, 6.07) is 7.99. The van der Waals surface area contributed by atoms with Gasteiger partial charge in [-0.15, -0.1) is 11.8 Å². The minimum atomic E-state index is 0.954. The van der Waals surface area contributed by atoms with Crippen molar-refractivity contribution in [3.8, 4) is 5.75 Å². The molecule has 1 rings (SSSR count). The molecular weight excluding hydrogens is 283 g/mol. The van der Waals surface area contributed by atoms with Gasteiger partial charge < -0.3 is 4.74 Å². The van der Waals surface area contributed by atoms with Crippen molar-refractivity contribution in [2.75, 3.05) is 18.3 Å². The standard InChI is InChI=1S/C8H10OS.CH3I/c1-9-7-5-3-4-6-8(7)10-2;1-2/h3-6H,1-2H3;1H3. The van der Waals surface area contributed by atoms with E-state index in [-0.39, 0.29) is 0 Å². The van der Waals surface area contributed by atoms with Gasteiger partial charge in [-0.1, -0.05) is 34.7 Å². The molecule has 0 fully saturated rings. The van der Waals surface area contributed by atoms with E-state index >= 15 is 0 Å². The van der Waals surface area contributed by atoms with Crippen LogP contribution in [0.1, 0.15) is 0 Å². The highest BCUT2D eigenvalue weighted by atomic mass is 127. The van der Waals surface area contributed by atoms with Crippen LogP contribution in [0.25, 0.3) is 0 Å². The first kappa shape index (κ1) is 12.1. The van der Waals surface area contributed by atoms with E-state index in [2.05, 4.69) is 22.6 Å². The number of hydrogen-bond donors (Lipinski definition) is 0. The first-order valence-corrected chi connectivity index (χ1v) is 6.81. The van der Waals surface area contributed by atoms with E-state index < -0.39 is 0 Å². The van der Waals surface area contributed by atoms with Crippen LogP contribution in [0.2, 0.25) is 0 Å². The summed E-state index contributed by atoms with van der Waals surface area (Å²) in [5.74, 6) is 0.954. The molecule has 0 bridgehead atoms. The first-order chi connectivity index (χ1) is 5.88. The molecule has 12 heavy (non-hydrogen) atoms. The number of thioether (sulfide) groups is 1. The van der Waals surface area contributed by atoms with Gasteiger partial charge in [-0.3, -0.25) is 0 Å². The van der Waals surface area contributed by atoms with Crippen molar-refractivity contribution < 1.29 is 4.74 Å². The Labute approximate surface area is 92.0 Å². The lowest BCUT2D eigenvalue weighted by molar-refractivity contribution is 0.405. The molecule has 0 aliphatic heterocycles. The summed E-state index contributed by atoms with van der Waals surface area (Å²) in [4.78, 5) is 3.16. The number of halogens is 1. The van der Waals surface area contributed by atoms with Crippen LogP contribution < -0.4 is 4.74 Å². The van der Waals surface area contributed by atoms with Crippen molar-refractivity contribution in [2.45, 2.75) is 4.90 Å². The normalized spacial score (nSPS) is 8.33. The quantitative estimate of drug-likeness (QED) is 0.469. The maximum absolute atomic E-state index is 5.12. The molecule has 0 amide bonds. The largest absolute Gasteiger partial charge is 0.496 e. The lowest BCUT2D eigenvalue weighted by atomic mass is 10.3. The van der Waals surface area contributed by atoms with E-state index in [4.69, 9.17) is 4.74 Å². The van der Waals surface area contributed by atoms with Crippen LogP contribution in [0, 0.1) is 0 Å². The molecule has 0 N–H and O–H groups in total. The van der Waals surface area contributed by atoms with Crippen molar-refractivity contribution in [3.63, 3.8) is 0 Å². The minimum absolute atomic E-state index is 0.954. The number of ether oxygens (including phenoxy) is 1. The monoisotopic (exact) mass is 296 g/mol. The second-order valence-corrected chi connectivity index (χ2v) is 2.70. The lowest BCUT2D eigenvalue weighted by Gasteiger charge is -2.03. The van der Waals surface area contributed by atoms with E-state index in [1.807, 2.05) is 35.5 Å². The third-order valence-electron chi connectivity index (χ3n) is 1.29. The van der Waals surface area contributed by atoms with Crippen molar-refractivity contribution >= 4 is 34.4 Å². The second-order valence-electron chi connectivity index (χ2n) is 1.85. The molecule has 0 aliphatic carbocycles. The van der Waals surface area contributed by atoms with Crippen molar-refractivity contribution in [2.24, 2.45) is 0 Å². The molecule has 0 radical (unpaired) electrons. The van der Waals surface area contributed by atoms with Crippen molar-refractivity contribution in [1.82, 2.24) is 0 Å². The highest BCUT2D eigenvalue weighted by Crippen LogP contribution is 2.25. The molecule has 0 unspecified atom stereocenters. The maximum Gasteiger partial charge on any atom is 0.132 e. The number of alkyl halides is 1. The van der Waals surface area contributed by atoms with E-state index in [1.54, 1.807) is 18.9 Å².